The SMILES string of the molecule is Cc1cc(C)c([N+](=O)[O-])cc1NS(=O)(=O)CC(C)CCl. The molecule has 0 aromatic heterocycles. The van der Waals surface area contributed by atoms with Crippen molar-refractivity contribution >= 4 is 33.0 Å². The van der Waals surface area contributed by atoms with Crippen molar-refractivity contribution in [2.45, 2.75) is 20.8 Å². The summed E-state index contributed by atoms with van der Waals surface area (Å²) >= 11 is 5.60. The van der Waals surface area contributed by atoms with E-state index in [0.717, 1.165) is 0 Å². The van der Waals surface area contributed by atoms with Crippen LogP contribution in [0.1, 0.15) is 18.1 Å². The summed E-state index contributed by atoms with van der Waals surface area (Å²) in [5.41, 5.74) is 1.24. The van der Waals surface area contributed by atoms with Crippen molar-refractivity contribution in [1.29, 1.82) is 0 Å². The fraction of sp³-hybridized carbons (Fsp3) is 0.500. The van der Waals surface area contributed by atoms with Gasteiger partial charge in [0.15, 0.2) is 0 Å². The predicted octanol–water partition coefficient (Wildman–Crippen LogP) is 2.83. The van der Waals surface area contributed by atoms with Gasteiger partial charge in [0.25, 0.3) is 5.69 Å². The number of benzene rings is 1. The van der Waals surface area contributed by atoms with Gasteiger partial charge in [0, 0.05) is 17.5 Å². The van der Waals surface area contributed by atoms with Crippen molar-refractivity contribution in [3.63, 3.8) is 0 Å². The van der Waals surface area contributed by atoms with Crippen LogP contribution in [0.4, 0.5) is 11.4 Å². The molecule has 1 unspecified atom stereocenters. The lowest BCUT2D eigenvalue weighted by Gasteiger charge is -2.13. The molecule has 0 radical (unpaired) electrons. The summed E-state index contributed by atoms with van der Waals surface area (Å²) in [6.07, 6.45) is 0. The molecule has 0 amide bonds. The second-order valence-electron chi connectivity index (χ2n) is 4.85. The summed E-state index contributed by atoms with van der Waals surface area (Å²) < 4.78 is 26.3. The quantitative estimate of drug-likeness (QED) is 0.496. The molecule has 0 aliphatic heterocycles. The molecule has 1 N–H and O–H groups in total. The highest BCUT2D eigenvalue weighted by atomic mass is 35.5. The lowest BCUT2D eigenvalue weighted by molar-refractivity contribution is -0.385. The lowest BCUT2D eigenvalue weighted by atomic mass is 10.1. The highest BCUT2D eigenvalue weighted by Gasteiger charge is 2.19. The van der Waals surface area contributed by atoms with Crippen LogP contribution in [-0.4, -0.2) is 25.0 Å². The van der Waals surface area contributed by atoms with E-state index in [1.807, 2.05) is 0 Å². The molecule has 1 atom stereocenters. The van der Waals surface area contributed by atoms with Crippen molar-refractivity contribution < 1.29 is 13.3 Å². The van der Waals surface area contributed by atoms with Crippen molar-refractivity contribution in [1.82, 2.24) is 0 Å². The molecule has 1 aromatic carbocycles. The van der Waals surface area contributed by atoms with E-state index < -0.39 is 14.9 Å². The van der Waals surface area contributed by atoms with Crippen molar-refractivity contribution in [3.05, 3.63) is 33.4 Å². The van der Waals surface area contributed by atoms with Crippen molar-refractivity contribution in [2.24, 2.45) is 5.92 Å². The zero-order chi connectivity index (χ0) is 15.5. The third-order valence-electron chi connectivity index (χ3n) is 2.77. The van der Waals surface area contributed by atoms with E-state index in [1.165, 1.54) is 6.07 Å². The Hall–Kier alpha value is -1.34. The number of nitro benzene ring substituents is 1. The number of nitrogens with one attached hydrogen (secondary N) is 1. The second-order valence-corrected chi connectivity index (χ2v) is 6.93. The number of anilines is 1. The standard InChI is InChI=1S/C12H17ClN2O4S/c1-8(6-13)7-20(18,19)14-11-5-12(15(16)17)10(3)4-9(11)2/h4-5,8,14H,6-7H2,1-3H3. The summed E-state index contributed by atoms with van der Waals surface area (Å²) in [4.78, 5) is 10.4. The van der Waals surface area contributed by atoms with E-state index in [9.17, 15) is 18.5 Å². The average molecular weight is 321 g/mol. The Morgan fingerprint density at radius 1 is 1.35 bits per heavy atom. The van der Waals surface area contributed by atoms with E-state index >= 15 is 0 Å². The van der Waals surface area contributed by atoms with Gasteiger partial charge in [-0.1, -0.05) is 6.92 Å². The predicted molar refractivity (Wildman–Crippen MR) is 79.9 cm³/mol. The minimum atomic E-state index is -3.58. The maximum Gasteiger partial charge on any atom is 0.274 e. The van der Waals surface area contributed by atoms with Gasteiger partial charge in [-0.2, -0.15) is 0 Å². The number of aryl methyl sites for hydroxylation is 2. The van der Waals surface area contributed by atoms with E-state index in [1.54, 1.807) is 26.8 Å². The Balaban J connectivity index is 3.09. The van der Waals surface area contributed by atoms with Crippen LogP contribution in [0.2, 0.25) is 0 Å². The van der Waals surface area contributed by atoms with E-state index in [0.29, 0.717) is 11.1 Å². The molecule has 0 saturated heterocycles. The van der Waals surface area contributed by atoms with Crippen LogP contribution in [-0.2, 0) is 10.0 Å². The van der Waals surface area contributed by atoms with Crippen LogP contribution in [0, 0.1) is 29.9 Å². The Labute approximate surface area is 123 Å². The smallest absolute Gasteiger partial charge is 0.274 e. The fourth-order valence-electron chi connectivity index (χ4n) is 1.78. The number of hydrogen-bond donors (Lipinski definition) is 1. The first kappa shape index (κ1) is 16.7. The fourth-order valence-corrected chi connectivity index (χ4v) is 3.52. The highest BCUT2D eigenvalue weighted by Crippen LogP contribution is 2.27. The van der Waals surface area contributed by atoms with Gasteiger partial charge >= 0.3 is 0 Å². The van der Waals surface area contributed by atoms with E-state index in [2.05, 4.69) is 4.72 Å². The average Bonchev–Trinajstić information content (AvgIpc) is 2.31. The number of rotatable bonds is 6. The summed E-state index contributed by atoms with van der Waals surface area (Å²) in [6.45, 7) is 5.02. The monoisotopic (exact) mass is 320 g/mol. The van der Waals surface area contributed by atoms with Crippen LogP contribution in [0.3, 0.4) is 0 Å². The minimum absolute atomic E-state index is 0.112. The molecule has 0 aliphatic carbocycles. The summed E-state index contributed by atoms with van der Waals surface area (Å²) in [7, 11) is -3.58. The highest BCUT2D eigenvalue weighted by molar-refractivity contribution is 7.92. The third kappa shape index (κ3) is 4.35. The van der Waals surface area contributed by atoms with Gasteiger partial charge in [-0.3, -0.25) is 14.8 Å². The number of nitrogens with zero attached hydrogens (tertiary/aromatic N) is 1. The topological polar surface area (TPSA) is 89.3 Å². The molecule has 0 bridgehead atoms. The molecule has 0 saturated carbocycles. The van der Waals surface area contributed by atoms with Crippen LogP contribution in [0.5, 0.6) is 0 Å². The molecule has 0 aliphatic rings. The molecular formula is C12H17ClN2O4S. The first-order valence-electron chi connectivity index (χ1n) is 5.98. The molecule has 20 heavy (non-hydrogen) atoms. The van der Waals surface area contributed by atoms with Gasteiger partial charge in [-0.15, -0.1) is 11.6 Å². The maximum absolute atomic E-state index is 11.9. The van der Waals surface area contributed by atoms with Crippen LogP contribution in [0.15, 0.2) is 12.1 Å². The third-order valence-corrected chi connectivity index (χ3v) is 4.84. The molecule has 1 rings (SSSR count). The van der Waals surface area contributed by atoms with Gasteiger partial charge in [-0.05, 0) is 31.4 Å². The number of halogens is 1. The van der Waals surface area contributed by atoms with Crippen LogP contribution in [0.25, 0.3) is 0 Å². The molecule has 1 aromatic rings. The number of alkyl halides is 1. The van der Waals surface area contributed by atoms with E-state index in [-0.39, 0.29) is 28.9 Å². The Morgan fingerprint density at radius 2 is 1.95 bits per heavy atom. The van der Waals surface area contributed by atoms with Crippen LogP contribution >= 0.6 is 11.6 Å². The first-order chi connectivity index (χ1) is 9.16. The second kappa shape index (κ2) is 6.41. The molecule has 0 heterocycles. The molecule has 0 fully saturated rings. The largest absolute Gasteiger partial charge is 0.283 e. The van der Waals surface area contributed by atoms with Gasteiger partial charge in [-0.25, -0.2) is 8.42 Å². The molecular weight excluding hydrogens is 304 g/mol. The Bertz CT molecular complexity index is 616. The Morgan fingerprint density at radius 3 is 2.45 bits per heavy atom. The Kier molecular flexibility index (Phi) is 5.35. The summed E-state index contributed by atoms with van der Waals surface area (Å²) in [5.74, 6) is -0.0964. The zero-order valence-corrected chi connectivity index (χ0v) is 13.1. The number of hydrogen-bond acceptors (Lipinski definition) is 4. The number of nitro groups is 1. The van der Waals surface area contributed by atoms with Gasteiger partial charge in [0.1, 0.15) is 0 Å². The van der Waals surface area contributed by atoms with Crippen molar-refractivity contribution in [3.8, 4) is 0 Å². The summed E-state index contributed by atoms with van der Waals surface area (Å²) in [5, 5.41) is 10.9. The van der Waals surface area contributed by atoms with Gasteiger partial charge in [0.05, 0.1) is 16.4 Å². The zero-order valence-electron chi connectivity index (χ0n) is 11.5. The number of sulfonamides is 1. The lowest BCUT2D eigenvalue weighted by Crippen LogP contribution is -2.22. The molecule has 112 valence electrons. The first-order valence-corrected chi connectivity index (χ1v) is 8.17. The van der Waals surface area contributed by atoms with Gasteiger partial charge in [0.2, 0.25) is 10.0 Å². The maximum atomic E-state index is 11.9. The molecule has 0 spiro atoms. The minimum Gasteiger partial charge on any atom is -0.283 e. The molecule has 8 heteroatoms. The normalized spacial score (nSPS) is 13.0. The summed E-state index contributed by atoms with van der Waals surface area (Å²) in [6, 6.07) is 2.83. The van der Waals surface area contributed by atoms with E-state index in [4.69, 9.17) is 11.6 Å². The van der Waals surface area contributed by atoms with Gasteiger partial charge < -0.3 is 0 Å². The van der Waals surface area contributed by atoms with Crippen LogP contribution < -0.4 is 4.72 Å². The van der Waals surface area contributed by atoms with Crippen molar-refractivity contribution in [2.75, 3.05) is 16.4 Å². The molecule has 6 nitrogen and oxygen atoms in total.